The minimum Gasteiger partial charge on any atom is -0.336 e. The summed E-state index contributed by atoms with van der Waals surface area (Å²) >= 11 is 0. The molecular formula is C16H25N3Si3. The van der Waals surface area contributed by atoms with E-state index in [2.05, 4.69) is 101 Å². The van der Waals surface area contributed by atoms with Crippen LogP contribution in [0.3, 0.4) is 0 Å². The Morgan fingerprint density at radius 2 is 0.909 bits per heavy atom. The molecule has 1 saturated heterocycles. The van der Waals surface area contributed by atoms with E-state index in [-0.39, 0.29) is 0 Å². The van der Waals surface area contributed by atoms with Gasteiger partial charge in [-0.2, -0.15) is 0 Å². The van der Waals surface area contributed by atoms with Gasteiger partial charge in [0.1, 0.15) is 0 Å². The van der Waals surface area contributed by atoms with Crippen LogP contribution in [0.2, 0.25) is 26.2 Å². The highest BCUT2D eigenvalue weighted by Gasteiger charge is 2.52. The molecule has 1 aliphatic heterocycles. The fourth-order valence-corrected chi connectivity index (χ4v) is 23.9. The third-order valence-electron chi connectivity index (χ3n) is 4.04. The van der Waals surface area contributed by atoms with Crippen LogP contribution in [0.4, 0.5) is 0 Å². The largest absolute Gasteiger partial charge is 0.336 e. The Kier molecular flexibility index (Phi) is 4.00. The van der Waals surface area contributed by atoms with Crippen molar-refractivity contribution in [2.75, 3.05) is 0 Å². The Labute approximate surface area is 136 Å². The van der Waals surface area contributed by atoms with Crippen LogP contribution in [0, 0.1) is 0 Å². The van der Waals surface area contributed by atoms with E-state index >= 15 is 0 Å². The van der Waals surface area contributed by atoms with Gasteiger partial charge in [-0.1, -0.05) is 60.7 Å². The van der Waals surface area contributed by atoms with Gasteiger partial charge in [-0.25, -0.2) is 0 Å². The molecule has 0 radical (unpaired) electrons. The van der Waals surface area contributed by atoms with Crippen LogP contribution in [-0.2, 0) is 0 Å². The van der Waals surface area contributed by atoms with Crippen molar-refractivity contribution in [2.24, 2.45) is 0 Å². The molecule has 1 aliphatic rings. The predicted molar refractivity (Wildman–Crippen MR) is 102 cm³/mol. The summed E-state index contributed by atoms with van der Waals surface area (Å²) in [5.74, 6) is 0. The summed E-state index contributed by atoms with van der Waals surface area (Å²) in [6, 6.07) is 21.9. The van der Waals surface area contributed by atoms with Gasteiger partial charge < -0.3 is 13.9 Å². The van der Waals surface area contributed by atoms with Gasteiger partial charge in [0.15, 0.2) is 16.8 Å². The molecule has 22 heavy (non-hydrogen) atoms. The first-order valence-electron chi connectivity index (χ1n) is 7.82. The van der Waals surface area contributed by atoms with Crippen LogP contribution in [0.25, 0.3) is 0 Å². The SMILES string of the molecule is C[Si]1(C)N[Si](C)(C)N[Si](c2ccccc2)(c2ccccc2)N1. The van der Waals surface area contributed by atoms with Crippen molar-refractivity contribution in [1.82, 2.24) is 13.9 Å². The third kappa shape index (κ3) is 3.03. The van der Waals surface area contributed by atoms with Crippen LogP contribution in [-0.4, -0.2) is 25.2 Å². The van der Waals surface area contributed by atoms with E-state index < -0.39 is 25.2 Å². The smallest absolute Gasteiger partial charge is 0.256 e. The predicted octanol–water partition coefficient (Wildman–Crippen LogP) is 1.43. The van der Waals surface area contributed by atoms with E-state index in [4.69, 9.17) is 0 Å². The van der Waals surface area contributed by atoms with Crippen molar-refractivity contribution < 1.29 is 0 Å². The van der Waals surface area contributed by atoms with E-state index in [1.807, 2.05) is 0 Å². The van der Waals surface area contributed by atoms with Crippen LogP contribution < -0.4 is 24.3 Å². The van der Waals surface area contributed by atoms with Crippen LogP contribution >= 0.6 is 0 Å². The highest BCUT2D eigenvalue weighted by molar-refractivity contribution is 7.14. The molecule has 3 nitrogen and oxygen atoms in total. The molecule has 3 N–H and O–H groups in total. The molecule has 0 aliphatic carbocycles. The summed E-state index contributed by atoms with van der Waals surface area (Å²) in [5.41, 5.74) is 0. The molecule has 3 rings (SSSR count). The minimum atomic E-state index is -2.14. The molecule has 0 aromatic heterocycles. The summed E-state index contributed by atoms with van der Waals surface area (Å²) in [5, 5.41) is 2.84. The highest BCUT2D eigenvalue weighted by atomic mass is 28.5. The van der Waals surface area contributed by atoms with Crippen molar-refractivity contribution >= 4 is 35.6 Å². The van der Waals surface area contributed by atoms with Gasteiger partial charge in [-0.15, -0.1) is 0 Å². The van der Waals surface area contributed by atoms with Crippen molar-refractivity contribution in [3.63, 3.8) is 0 Å². The second-order valence-corrected chi connectivity index (χ2v) is 19.3. The van der Waals surface area contributed by atoms with Gasteiger partial charge >= 0.3 is 0 Å². The lowest BCUT2D eigenvalue weighted by atomic mass is 10.4. The van der Waals surface area contributed by atoms with Gasteiger partial charge in [0.05, 0.1) is 0 Å². The maximum absolute atomic E-state index is 4.08. The summed E-state index contributed by atoms with van der Waals surface area (Å²) in [4.78, 5) is 0. The summed E-state index contributed by atoms with van der Waals surface area (Å²) in [6.45, 7) is 9.54. The van der Waals surface area contributed by atoms with E-state index in [1.54, 1.807) is 0 Å². The van der Waals surface area contributed by atoms with E-state index in [0.717, 1.165) is 0 Å². The Morgan fingerprint density at radius 1 is 0.545 bits per heavy atom. The quantitative estimate of drug-likeness (QED) is 0.722. The lowest BCUT2D eigenvalue weighted by molar-refractivity contribution is 1.06. The summed E-state index contributed by atoms with van der Waals surface area (Å²) < 4.78 is 12.1. The molecule has 0 amide bonds. The van der Waals surface area contributed by atoms with E-state index in [1.165, 1.54) is 10.4 Å². The van der Waals surface area contributed by atoms with Crippen molar-refractivity contribution in [3.8, 4) is 0 Å². The first-order valence-corrected chi connectivity index (χ1v) is 15.8. The summed E-state index contributed by atoms with van der Waals surface area (Å²) in [6.07, 6.45) is 0. The monoisotopic (exact) mass is 343 g/mol. The van der Waals surface area contributed by atoms with E-state index in [9.17, 15) is 0 Å². The Hall–Kier alpha value is -1.03. The van der Waals surface area contributed by atoms with Gasteiger partial charge in [0, 0.05) is 0 Å². The average Bonchev–Trinajstić information content (AvgIpc) is 2.46. The first-order chi connectivity index (χ1) is 10.3. The van der Waals surface area contributed by atoms with Crippen LogP contribution in [0.15, 0.2) is 60.7 Å². The first kappa shape index (κ1) is 15.9. The van der Waals surface area contributed by atoms with Crippen molar-refractivity contribution in [1.29, 1.82) is 0 Å². The molecule has 2 aromatic rings. The Bertz CT molecular complexity index is 587. The van der Waals surface area contributed by atoms with Gasteiger partial charge in [-0.05, 0) is 36.6 Å². The minimum absolute atomic E-state index is 1.42. The van der Waals surface area contributed by atoms with Crippen LogP contribution in [0.1, 0.15) is 0 Å². The lowest BCUT2D eigenvalue weighted by Gasteiger charge is -2.52. The highest BCUT2D eigenvalue weighted by Crippen LogP contribution is 2.13. The van der Waals surface area contributed by atoms with Crippen molar-refractivity contribution in [3.05, 3.63) is 60.7 Å². The maximum atomic E-state index is 4.08. The van der Waals surface area contributed by atoms with Crippen LogP contribution in [0.5, 0.6) is 0 Å². The molecular weight excluding hydrogens is 318 g/mol. The zero-order valence-electron chi connectivity index (χ0n) is 13.8. The zero-order valence-corrected chi connectivity index (χ0v) is 16.8. The molecule has 6 heteroatoms. The Morgan fingerprint density at radius 3 is 1.27 bits per heavy atom. The van der Waals surface area contributed by atoms with Gasteiger partial charge in [0.2, 0.25) is 0 Å². The van der Waals surface area contributed by atoms with Crippen molar-refractivity contribution in [2.45, 2.75) is 26.2 Å². The topological polar surface area (TPSA) is 36.1 Å². The number of benzene rings is 2. The molecule has 0 unspecified atom stereocenters. The number of hydrogen-bond donors (Lipinski definition) is 3. The molecule has 1 fully saturated rings. The second-order valence-electron chi connectivity index (χ2n) is 7.11. The number of hydrogen-bond acceptors (Lipinski definition) is 3. The standard InChI is InChI=1S/C16H25N3Si3/c1-20(2)17-21(3,4)19-22(18-20,15-11-7-5-8-12-15)16-13-9-6-10-14-16/h5-14,17-19H,1-4H3. The summed E-state index contributed by atoms with van der Waals surface area (Å²) in [7, 11) is -5.48. The number of nitrogens with one attached hydrogen (secondary N) is 3. The average molecular weight is 344 g/mol. The zero-order chi connectivity index (χ0) is 15.8. The van der Waals surface area contributed by atoms with E-state index in [0.29, 0.717) is 0 Å². The fraction of sp³-hybridized carbons (Fsp3) is 0.250. The third-order valence-corrected chi connectivity index (χ3v) is 19.4. The molecule has 0 atom stereocenters. The van der Waals surface area contributed by atoms with Gasteiger partial charge in [-0.3, -0.25) is 0 Å². The molecule has 2 aromatic carbocycles. The molecule has 116 valence electrons. The normalized spacial score (nSPS) is 22.2. The molecule has 0 bridgehead atoms. The lowest BCUT2D eigenvalue weighted by Crippen LogP contribution is -2.95. The maximum Gasteiger partial charge on any atom is 0.256 e. The molecule has 0 saturated carbocycles. The molecule has 0 spiro atoms. The molecule has 1 heterocycles. The Balaban J connectivity index is 2.20. The van der Waals surface area contributed by atoms with Gasteiger partial charge in [0.25, 0.3) is 8.40 Å². The number of rotatable bonds is 2. The second kappa shape index (κ2) is 5.55. The fourth-order valence-electron chi connectivity index (χ4n) is 3.64.